The molecule has 0 aliphatic heterocycles. The predicted molar refractivity (Wildman–Crippen MR) is 59.5 cm³/mol. The summed E-state index contributed by atoms with van der Waals surface area (Å²) in [6.07, 6.45) is 2.55. The molecule has 3 N–H and O–H groups in total. The van der Waals surface area contributed by atoms with Crippen molar-refractivity contribution >= 4 is 10.0 Å². The van der Waals surface area contributed by atoms with Gasteiger partial charge in [-0.05, 0) is 18.9 Å². The molecule has 0 aliphatic rings. The van der Waals surface area contributed by atoms with Crippen molar-refractivity contribution < 1.29 is 8.42 Å². The van der Waals surface area contributed by atoms with Gasteiger partial charge in [0.2, 0.25) is 10.0 Å². The summed E-state index contributed by atoms with van der Waals surface area (Å²) in [7, 11) is -3.09. The number of sulfonamides is 1. The van der Waals surface area contributed by atoms with Crippen molar-refractivity contribution in [2.45, 2.75) is 33.1 Å². The SMILES string of the molecule is CCC(CC)CNS(=O)(=O)CCCN. The van der Waals surface area contributed by atoms with Crippen molar-refractivity contribution in [1.29, 1.82) is 0 Å². The van der Waals surface area contributed by atoms with E-state index in [2.05, 4.69) is 18.6 Å². The van der Waals surface area contributed by atoms with Crippen LogP contribution in [0.1, 0.15) is 33.1 Å². The maximum atomic E-state index is 11.4. The average molecular weight is 222 g/mol. The Balaban J connectivity index is 3.86. The molecule has 0 unspecified atom stereocenters. The molecule has 14 heavy (non-hydrogen) atoms. The fourth-order valence-electron chi connectivity index (χ4n) is 1.17. The van der Waals surface area contributed by atoms with Gasteiger partial charge in [0.25, 0.3) is 0 Å². The van der Waals surface area contributed by atoms with Gasteiger partial charge in [0.1, 0.15) is 0 Å². The highest BCUT2D eigenvalue weighted by Gasteiger charge is 2.11. The molecule has 5 heteroatoms. The minimum absolute atomic E-state index is 0.143. The molecular weight excluding hydrogens is 200 g/mol. The monoisotopic (exact) mass is 222 g/mol. The van der Waals surface area contributed by atoms with E-state index in [1.165, 1.54) is 0 Å². The van der Waals surface area contributed by atoms with E-state index in [1.54, 1.807) is 0 Å². The van der Waals surface area contributed by atoms with Crippen molar-refractivity contribution in [1.82, 2.24) is 4.72 Å². The number of nitrogens with one attached hydrogen (secondary N) is 1. The minimum atomic E-state index is -3.09. The lowest BCUT2D eigenvalue weighted by Gasteiger charge is -2.13. The van der Waals surface area contributed by atoms with Crippen LogP contribution in [-0.4, -0.2) is 27.3 Å². The standard InChI is InChI=1S/C9H22N2O2S/c1-3-9(4-2)8-11-14(12,13)7-5-6-10/h9,11H,3-8,10H2,1-2H3. The zero-order valence-electron chi connectivity index (χ0n) is 9.12. The first-order chi connectivity index (χ1) is 6.55. The summed E-state index contributed by atoms with van der Waals surface area (Å²) in [4.78, 5) is 0. The summed E-state index contributed by atoms with van der Waals surface area (Å²) in [6, 6.07) is 0. The van der Waals surface area contributed by atoms with Gasteiger partial charge in [-0.1, -0.05) is 26.7 Å². The summed E-state index contributed by atoms with van der Waals surface area (Å²) in [5, 5.41) is 0. The first kappa shape index (κ1) is 13.9. The zero-order valence-corrected chi connectivity index (χ0v) is 9.94. The largest absolute Gasteiger partial charge is 0.330 e. The smallest absolute Gasteiger partial charge is 0.211 e. The second kappa shape index (κ2) is 7.20. The third-order valence-electron chi connectivity index (χ3n) is 2.36. The van der Waals surface area contributed by atoms with E-state index in [0.29, 0.717) is 25.4 Å². The van der Waals surface area contributed by atoms with Crippen LogP contribution in [0.5, 0.6) is 0 Å². The first-order valence-corrected chi connectivity index (χ1v) is 6.88. The molecule has 0 aromatic carbocycles. The quantitative estimate of drug-likeness (QED) is 0.634. The van der Waals surface area contributed by atoms with Crippen LogP contribution in [0, 0.1) is 5.92 Å². The molecule has 0 atom stereocenters. The third kappa shape index (κ3) is 6.34. The lowest BCUT2D eigenvalue weighted by molar-refractivity contribution is 0.478. The van der Waals surface area contributed by atoms with Crippen LogP contribution in [0.15, 0.2) is 0 Å². The van der Waals surface area contributed by atoms with Crippen LogP contribution in [0.25, 0.3) is 0 Å². The molecule has 4 nitrogen and oxygen atoms in total. The van der Waals surface area contributed by atoms with Crippen molar-refractivity contribution in [2.24, 2.45) is 11.7 Å². The molecule has 0 heterocycles. The lowest BCUT2D eigenvalue weighted by atomic mass is 10.0. The fourth-order valence-corrected chi connectivity index (χ4v) is 2.35. The Morgan fingerprint density at radius 3 is 2.29 bits per heavy atom. The molecule has 0 amide bonds. The summed E-state index contributed by atoms with van der Waals surface area (Å²) in [6.45, 7) is 5.12. The van der Waals surface area contributed by atoms with Crippen LogP contribution in [0.4, 0.5) is 0 Å². The minimum Gasteiger partial charge on any atom is -0.330 e. The van der Waals surface area contributed by atoms with Crippen LogP contribution >= 0.6 is 0 Å². The van der Waals surface area contributed by atoms with Gasteiger partial charge in [0, 0.05) is 6.54 Å². The van der Waals surface area contributed by atoms with Gasteiger partial charge in [-0.15, -0.1) is 0 Å². The maximum absolute atomic E-state index is 11.4. The van der Waals surface area contributed by atoms with Gasteiger partial charge in [-0.3, -0.25) is 0 Å². The van der Waals surface area contributed by atoms with E-state index in [4.69, 9.17) is 5.73 Å². The summed E-state index contributed by atoms with van der Waals surface area (Å²) in [5.41, 5.74) is 5.25. The number of rotatable bonds is 8. The van der Waals surface area contributed by atoms with Gasteiger partial charge in [0.15, 0.2) is 0 Å². The van der Waals surface area contributed by atoms with Crippen LogP contribution < -0.4 is 10.5 Å². The van der Waals surface area contributed by atoms with Crippen LogP contribution in [0.3, 0.4) is 0 Å². The highest BCUT2D eigenvalue weighted by atomic mass is 32.2. The molecule has 86 valence electrons. The van der Waals surface area contributed by atoms with E-state index in [1.807, 2.05) is 0 Å². The molecule has 0 radical (unpaired) electrons. The van der Waals surface area contributed by atoms with E-state index in [9.17, 15) is 8.42 Å². The predicted octanol–water partition coefficient (Wildman–Crippen LogP) is 0.691. The Morgan fingerprint density at radius 2 is 1.86 bits per heavy atom. The van der Waals surface area contributed by atoms with Crippen molar-refractivity contribution in [3.63, 3.8) is 0 Å². The average Bonchev–Trinajstić information content (AvgIpc) is 2.16. The van der Waals surface area contributed by atoms with Crippen LogP contribution in [-0.2, 0) is 10.0 Å². The topological polar surface area (TPSA) is 72.2 Å². The van der Waals surface area contributed by atoms with E-state index >= 15 is 0 Å². The molecule has 0 aromatic rings. The summed E-state index contributed by atoms with van der Waals surface area (Å²) >= 11 is 0. The molecule has 0 saturated heterocycles. The van der Waals surface area contributed by atoms with Crippen molar-refractivity contribution in [2.75, 3.05) is 18.8 Å². The fraction of sp³-hybridized carbons (Fsp3) is 1.00. The number of hydrogen-bond donors (Lipinski definition) is 2. The maximum Gasteiger partial charge on any atom is 0.211 e. The highest BCUT2D eigenvalue weighted by Crippen LogP contribution is 2.05. The summed E-state index contributed by atoms with van der Waals surface area (Å²) in [5.74, 6) is 0.589. The first-order valence-electron chi connectivity index (χ1n) is 5.23. The molecule has 0 saturated carbocycles. The third-order valence-corrected chi connectivity index (χ3v) is 3.80. The number of hydrogen-bond acceptors (Lipinski definition) is 3. The Kier molecular flexibility index (Phi) is 7.13. The van der Waals surface area contributed by atoms with Gasteiger partial charge < -0.3 is 5.73 Å². The lowest BCUT2D eigenvalue weighted by Crippen LogP contribution is -2.31. The second-order valence-electron chi connectivity index (χ2n) is 3.49. The molecule has 0 bridgehead atoms. The number of nitrogens with two attached hydrogens (primary N) is 1. The molecule has 0 aliphatic carbocycles. The van der Waals surface area contributed by atoms with Crippen LogP contribution in [0.2, 0.25) is 0 Å². The van der Waals surface area contributed by atoms with Crippen molar-refractivity contribution in [3.8, 4) is 0 Å². The van der Waals surface area contributed by atoms with Gasteiger partial charge in [-0.2, -0.15) is 0 Å². The Hall–Kier alpha value is -0.130. The molecule has 0 aromatic heterocycles. The Bertz CT molecular complexity index is 223. The second-order valence-corrected chi connectivity index (χ2v) is 5.42. The molecule has 0 fully saturated rings. The Labute approximate surface area is 87.3 Å². The Morgan fingerprint density at radius 1 is 1.29 bits per heavy atom. The summed E-state index contributed by atoms with van der Waals surface area (Å²) < 4.78 is 25.3. The van der Waals surface area contributed by atoms with Gasteiger partial charge in [-0.25, -0.2) is 13.1 Å². The van der Waals surface area contributed by atoms with E-state index < -0.39 is 10.0 Å². The van der Waals surface area contributed by atoms with Gasteiger partial charge >= 0.3 is 0 Å². The molecular formula is C9H22N2O2S. The molecule has 0 rings (SSSR count). The normalized spacial score (nSPS) is 12.3. The van der Waals surface area contributed by atoms with Crippen molar-refractivity contribution in [3.05, 3.63) is 0 Å². The molecule has 0 spiro atoms. The highest BCUT2D eigenvalue weighted by molar-refractivity contribution is 7.89. The van der Waals surface area contributed by atoms with E-state index in [0.717, 1.165) is 12.8 Å². The van der Waals surface area contributed by atoms with Gasteiger partial charge in [0.05, 0.1) is 5.75 Å². The van der Waals surface area contributed by atoms with E-state index in [-0.39, 0.29) is 5.75 Å². The zero-order chi connectivity index (χ0) is 11.0.